The molecular weight excluding hydrogens is 304 g/mol. The lowest BCUT2D eigenvalue weighted by molar-refractivity contribution is 0.878. The van der Waals surface area contributed by atoms with E-state index in [1.165, 1.54) is 16.7 Å². The van der Waals surface area contributed by atoms with E-state index in [1.807, 2.05) is 24.3 Å². The highest BCUT2D eigenvalue weighted by Crippen LogP contribution is 2.28. The predicted molar refractivity (Wildman–Crippen MR) is 104 cm³/mol. The lowest BCUT2D eigenvalue weighted by Crippen LogP contribution is -2.27. The van der Waals surface area contributed by atoms with Gasteiger partial charge >= 0.3 is 0 Å². The van der Waals surface area contributed by atoms with Gasteiger partial charge in [0.05, 0.1) is 6.04 Å². The minimum atomic E-state index is 0.00608. The molecule has 0 radical (unpaired) electrons. The molecule has 2 heteroatoms. The molecule has 0 aromatic heterocycles. The summed E-state index contributed by atoms with van der Waals surface area (Å²) in [7, 11) is 0. The molecule has 25 heavy (non-hydrogen) atoms. The van der Waals surface area contributed by atoms with Gasteiger partial charge in [-0.05, 0) is 24.1 Å². The number of rotatable bonds is 3. The third-order valence-electron chi connectivity index (χ3n) is 4.36. The molecule has 0 aliphatic carbocycles. The Balaban J connectivity index is 1.79. The van der Waals surface area contributed by atoms with Crippen molar-refractivity contribution in [2.75, 3.05) is 0 Å². The SMILES string of the molecule is Cc1cccc(C2C=C(c3ccccc3)NC(c3ccccc3)=N2)c1. The van der Waals surface area contributed by atoms with Crippen molar-refractivity contribution in [3.05, 3.63) is 113 Å². The Morgan fingerprint density at radius 1 is 0.760 bits per heavy atom. The van der Waals surface area contributed by atoms with Crippen molar-refractivity contribution >= 4 is 11.5 Å². The van der Waals surface area contributed by atoms with Crippen LogP contribution in [0.25, 0.3) is 5.70 Å². The summed E-state index contributed by atoms with van der Waals surface area (Å²) < 4.78 is 0. The van der Waals surface area contributed by atoms with Crippen LogP contribution >= 0.6 is 0 Å². The van der Waals surface area contributed by atoms with E-state index in [9.17, 15) is 0 Å². The zero-order chi connectivity index (χ0) is 17.1. The van der Waals surface area contributed by atoms with Crippen LogP contribution < -0.4 is 5.32 Å². The Morgan fingerprint density at radius 2 is 1.44 bits per heavy atom. The molecule has 122 valence electrons. The van der Waals surface area contributed by atoms with Crippen molar-refractivity contribution in [1.29, 1.82) is 0 Å². The largest absolute Gasteiger partial charge is 0.340 e. The van der Waals surface area contributed by atoms with Crippen molar-refractivity contribution in [1.82, 2.24) is 5.32 Å². The fraction of sp³-hybridized carbons (Fsp3) is 0.0870. The topological polar surface area (TPSA) is 24.4 Å². The van der Waals surface area contributed by atoms with E-state index in [1.54, 1.807) is 0 Å². The van der Waals surface area contributed by atoms with E-state index < -0.39 is 0 Å². The molecule has 1 N–H and O–H groups in total. The maximum atomic E-state index is 4.97. The Morgan fingerprint density at radius 3 is 2.12 bits per heavy atom. The standard InChI is InChI=1S/C23H20N2/c1-17-9-8-14-20(15-17)22-16-21(18-10-4-2-5-11-18)24-23(25-22)19-12-6-3-7-13-19/h2-16,22H,1H3,(H,24,25). The summed E-state index contributed by atoms with van der Waals surface area (Å²) in [5.41, 5.74) is 5.83. The molecule has 1 aliphatic heterocycles. The van der Waals surface area contributed by atoms with Crippen LogP contribution in [0.2, 0.25) is 0 Å². The first-order chi connectivity index (χ1) is 12.3. The molecule has 0 spiro atoms. The van der Waals surface area contributed by atoms with Gasteiger partial charge in [-0.1, -0.05) is 90.5 Å². The quantitative estimate of drug-likeness (QED) is 0.710. The molecule has 2 nitrogen and oxygen atoms in total. The van der Waals surface area contributed by atoms with Crippen LogP contribution in [0.4, 0.5) is 0 Å². The van der Waals surface area contributed by atoms with Crippen LogP contribution in [0.1, 0.15) is 28.3 Å². The molecule has 1 atom stereocenters. The van der Waals surface area contributed by atoms with Crippen molar-refractivity contribution in [2.24, 2.45) is 4.99 Å². The minimum absolute atomic E-state index is 0.00608. The monoisotopic (exact) mass is 324 g/mol. The zero-order valence-corrected chi connectivity index (χ0v) is 14.2. The fourth-order valence-corrected chi connectivity index (χ4v) is 3.09. The summed E-state index contributed by atoms with van der Waals surface area (Å²) in [5.74, 6) is 0.911. The number of aryl methyl sites for hydroxylation is 1. The van der Waals surface area contributed by atoms with E-state index in [4.69, 9.17) is 4.99 Å². The smallest absolute Gasteiger partial charge is 0.133 e. The van der Waals surface area contributed by atoms with Gasteiger partial charge in [-0.25, -0.2) is 0 Å². The average Bonchev–Trinajstić information content (AvgIpc) is 2.69. The molecule has 1 aliphatic rings. The van der Waals surface area contributed by atoms with Gasteiger partial charge in [-0.2, -0.15) is 0 Å². The highest BCUT2D eigenvalue weighted by molar-refractivity contribution is 6.04. The third kappa shape index (κ3) is 3.38. The Labute approximate surface area is 148 Å². The van der Waals surface area contributed by atoms with Gasteiger partial charge in [0, 0.05) is 11.3 Å². The maximum absolute atomic E-state index is 4.97. The molecular formula is C23H20N2. The van der Waals surface area contributed by atoms with Crippen LogP contribution in [0, 0.1) is 6.92 Å². The van der Waals surface area contributed by atoms with Gasteiger partial charge < -0.3 is 5.32 Å². The van der Waals surface area contributed by atoms with Crippen molar-refractivity contribution < 1.29 is 0 Å². The van der Waals surface area contributed by atoms with E-state index in [2.05, 4.69) is 79.0 Å². The summed E-state index contributed by atoms with van der Waals surface area (Å²) >= 11 is 0. The number of nitrogens with one attached hydrogen (secondary N) is 1. The van der Waals surface area contributed by atoms with Gasteiger partial charge in [0.15, 0.2) is 0 Å². The van der Waals surface area contributed by atoms with Gasteiger partial charge in [-0.15, -0.1) is 0 Å². The second-order valence-electron chi connectivity index (χ2n) is 6.27. The minimum Gasteiger partial charge on any atom is -0.340 e. The fourth-order valence-electron chi connectivity index (χ4n) is 3.09. The van der Waals surface area contributed by atoms with E-state index >= 15 is 0 Å². The molecule has 0 fully saturated rings. The van der Waals surface area contributed by atoms with Gasteiger partial charge in [-0.3, -0.25) is 4.99 Å². The van der Waals surface area contributed by atoms with Crippen LogP contribution in [0.15, 0.2) is 96.0 Å². The number of aliphatic imine (C=N–C) groups is 1. The van der Waals surface area contributed by atoms with E-state index in [-0.39, 0.29) is 6.04 Å². The van der Waals surface area contributed by atoms with E-state index in [0.717, 1.165) is 17.1 Å². The Hall–Kier alpha value is -3.13. The number of nitrogens with zero attached hydrogens (tertiary/aromatic N) is 1. The van der Waals surface area contributed by atoms with Gasteiger partial charge in [0.25, 0.3) is 0 Å². The first-order valence-electron chi connectivity index (χ1n) is 8.54. The molecule has 4 rings (SSSR count). The predicted octanol–water partition coefficient (Wildman–Crippen LogP) is 5.13. The van der Waals surface area contributed by atoms with Crippen molar-refractivity contribution in [2.45, 2.75) is 13.0 Å². The second-order valence-corrected chi connectivity index (χ2v) is 6.27. The molecule has 0 amide bonds. The Bertz CT molecular complexity index is 869. The van der Waals surface area contributed by atoms with Crippen molar-refractivity contribution in [3.8, 4) is 0 Å². The number of benzene rings is 3. The van der Waals surface area contributed by atoms with Crippen LogP contribution in [0.5, 0.6) is 0 Å². The summed E-state index contributed by atoms with van der Waals surface area (Å²) in [6.07, 6.45) is 2.20. The van der Waals surface area contributed by atoms with Crippen LogP contribution in [-0.4, -0.2) is 5.84 Å². The summed E-state index contributed by atoms with van der Waals surface area (Å²) in [5, 5.41) is 3.51. The first kappa shape index (κ1) is 15.4. The average molecular weight is 324 g/mol. The molecule has 0 saturated heterocycles. The molecule has 3 aromatic carbocycles. The lowest BCUT2D eigenvalue weighted by Gasteiger charge is -2.23. The highest BCUT2D eigenvalue weighted by Gasteiger charge is 2.18. The molecule has 0 saturated carbocycles. The molecule has 1 unspecified atom stereocenters. The number of hydrogen-bond acceptors (Lipinski definition) is 2. The molecule has 1 heterocycles. The van der Waals surface area contributed by atoms with Gasteiger partial charge in [0.2, 0.25) is 0 Å². The first-order valence-corrected chi connectivity index (χ1v) is 8.54. The number of amidine groups is 1. The lowest BCUT2D eigenvalue weighted by atomic mass is 9.99. The van der Waals surface area contributed by atoms with Crippen molar-refractivity contribution in [3.63, 3.8) is 0 Å². The highest BCUT2D eigenvalue weighted by atomic mass is 15.0. The Kier molecular flexibility index (Phi) is 4.17. The normalized spacial score (nSPS) is 16.6. The second kappa shape index (κ2) is 6.78. The van der Waals surface area contributed by atoms with E-state index in [0.29, 0.717) is 0 Å². The third-order valence-corrected chi connectivity index (χ3v) is 4.36. The summed E-state index contributed by atoms with van der Waals surface area (Å²) in [6, 6.07) is 29.3. The zero-order valence-electron chi connectivity index (χ0n) is 14.2. The maximum Gasteiger partial charge on any atom is 0.133 e. The summed E-state index contributed by atoms with van der Waals surface area (Å²) in [4.78, 5) is 4.97. The molecule has 3 aromatic rings. The number of hydrogen-bond donors (Lipinski definition) is 1. The summed E-state index contributed by atoms with van der Waals surface area (Å²) in [6.45, 7) is 2.12. The van der Waals surface area contributed by atoms with Crippen LogP contribution in [0.3, 0.4) is 0 Å². The van der Waals surface area contributed by atoms with Gasteiger partial charge in [0.1, 0.15) is 5.84 Å². The van der Waals surface area contributed by atoms with Crippen LogP contribution in [-0.2, 0) is 0 Å². The molecule has 0 bridgehead atoms.